The summed E-state index contributed by atoms with van der Waals surface area (Å²) in [5.74, 6) is 0.0747. The van der Waals surface area contributed by atoms with Crippen molar-refractivity contribution in [3.63, 3.8) is 0 Å². The van der Waals surface area contributed by atoms with Gasteiger partial charge in [-0.15, -0.1) is 0 Å². The van der Waals surface area contributed by atoms with Gasteiger partial charge >= 0.3 is 0 Å². The van der Waals surface area contributed by atoms with Crippen LogP contribution in [0.3, 0.4) is 0 Å². The predicted octanol–water partition coefficient (Wildman–Crippen LogP) is 2.63. The van der Waals surface area contributed by atoms with Gasteiger partial charge in [0.25, 0.3) is 0 Å². The summed E-state index contributed by atoms with van der Waals surface area (Å²) in [7, 11) is 1.74. The zero-order chi connectivity index (χ0) is 12.4. The molecule has 2 unspecified atom stereocenters. The number of rotatable bonds is 4. The van der Waals surface area contributed by atoms with Gasteiger partial charge in [-0.3, -0.25) is 4.79 Å². The van der Waals surface area contributed by atoms with Gasteiger partial charge in [0, 0.05) is 7.11 Å². The molecule has 1 aromatic rings. The molecule has 0 amide bonds. The van der Waals surface area contributed by atoms with Crippen molar-refractivity contribution < 1.29 is 9.53 Å². The molecule has 1 fully saturated rings. The molecular weight excluding hydrogens is 236 g/mol. The highest BCUT2D eigenvalue weighted by Crippen LogP contribution is 2.30. The van der Waals surface area contributed by atoms with Crippen LogP contribution in [0, 0.1) is 6.92 Å². The van der Waals surface area contributed by atoms with E-state index in [1.807, 2.05) is 6.92 Å². The van der Waals surface area contributed by atoms with Crippen LogP contribution in [0.5, 0.6) is 0 Å². The van der Waals surface area contributed by atoms with Gasteiger partial charge in [-0.05, 0) is 44.6 Å². The van der Waals surface area contributed by atoms with Crippen molar-refractivity contribution in [3.8, 4) is 0 Å². The van der Waals surface area contributed by atoms with Gasteiger partial charge in [0.05, 0.1) is 23.4 Å². The van der Waals surface area contributed by atoms with Crippen LogP contribution in [0.4, 0.5) is 5.00 Å². The van der Waals surface area contributed by atoms with Gasteiger partial charge in [-0.2, -0.15) is 4.37 Å². The second-order valence-corrected chi connectivity index (χ2v) is 5.26. The van der Waals surface area contributed by atoms with E-state index in [4.69, 9.17) is 4.74 Å². The first kappa shape index (κ1) is 12.5. The fourth-order valence-electron chi connectivity index (χ4n) is 2.42. The van der Waals surface area contributed by atoms with Crippen LogP contribution in [0.15, 0.2) is 0 Å². The quantitative estimate of drug-likeness (QED) is 0.839. The number of methoxy groups -OCH3 is 1. The Labute approximate surface area is 106 Å². The van der Waals surface area contributed by atoms with Crippen LogP contribution in [-0.4, -0.2) is 29.4 Å². The Morgan fingerprint density at radius 3 is 2.94 bits per heavy atom. The predicted molar refractivity (Wildman–Crippen MR) is 68.9 cm³/mol. The number of aryl methyl sites for hydroxylation is 1. The van der Waals surface area contributed by atoms with Crippen molar-refractivity contribution in [1.29, 1.82) is 0 Å². The third-order valence-corrected chi connectivity index (χ3v) is 4.16. The number of ether oxygens (including phenoxy) is 1. The standard InChI is InChI=1S/C12H18N2O2S/c1-7-11(8(2)15)12(17-14-7)13-9-5-4-6-10(9)16-3/h9-10,13H,4-6H2,1-3H3. The molecule has 0 spiro atoms. The molecule has 0 bridgehead atoms. The SMILES string of the molecule is COC1CCCC1Nc1snc(C)c1C(C)=O. The Bertz CT molecular complexity index is 417. The Balaban J connectivity index is 2.16. The van der Waals surface area contributed by atoms with Gasteiger partial charge < -0.3 is 10.1 Å². The van der Waals surface area contributed by atoms with Crippen LogP contribution in [0.25, 0.3) is 0 Å². The summed E-state index contributed by atoms with van der Waals surface area (Å²) >= 11 is 1.37. The zero-order valence-electron chi connectivity index (χ0n) is 10.4. The molecule has 1 aliphatic rings. The van der Waals surface area contributed by atoms with Crippen molar-refractivity contribution in [2.75, 3.05) is 12.4 Å². The second kappa shape index (κ2) is 5.14. The van der Waals surface area contributed by atoms with E-state index in [1.165, 1.54) is 18.0 Å². The number of aromatic nitrogens is 1. The molecule has 0 saturated heterocycles. The highest BCUT2D eigenvalue weighted by molar-refractivity contribution is 7.10. The molecule has 1 N–H and O–H groups in total. The first-order valence-electron chi connectivity index (χ1n) is 5.90. The van der Waals surface area contributed by atoms with Gasteiger partial charge in [-0.1, -0.05) is 0 Å². The van der Waals surface area contributed by atoms with E-state index in [0.717, 1.165) is 29.1 Å². The maximum absolute atomic E-state index is 11.6. The highest BCUT2D eigenvalue weighted by atomic mass is 32.1. The number of nitrogens with one attached hydrogen (secondary N) is 1. The van der Waals surface area contributed by atoms with Gasteiger partial charge in [0.15, 0.2) is 5.78 Å². The molecule has 0 aliphatic heterocycles. The minimum Gasteiger partial charge on any atom is -0.379 e. The maximum atomic E-state index is 11.6. The molecule has 1 aromatic heterocycles. The summed E-state index contributed by atoms with van der Waals surface area (Å²) in [6, 6.07) is 0.304. The maximum Gasteiger partial charge on any atom is 0.164 e. The minimum absolute atomic E-state index is 0.0747. The first-order chi connectivity index (χ1) is 8.13. The molecule has 1 saturated carbocycles. The van der Waals surface area contributed by atoms with Crippen molar-refractivity contribution >= 4 is 22.3 Å². The Kier molecular flexibility index (Phi) is 3.79. The molecule has 17 heavy (non-hydrogen) atoms. The lowest BCUT2D eigenvalue weighted by molar-refractivity contribution is 0.0998. The van der Waals surface area contributed by atoms with E-state index in [0.29, 0.717) is 6.04 Å². The largest absolute Gasteiger partial charge is 0.379 e. The Morgan fingerprint density at radius 2 is 2.29 bits per heavy atom. The number of hydrogen-bond donors (Lipinski definition) is 1. The van der Waals surface area contributed by atoms with E-state index in [1.54, 1.807) is 14.0 Å². The fourth-order valence-corrected chi connectivity index (χ4v) is 3.33. The van der Waals surface area contributed by atoms with E-state index < -0.39 is 0 Å². The van der Waals surface area contributed by atoms with Crippen molar-refractivity contribution in [1.82, 2.24) is 4.37 Å². The average molecular weight is 254 g/mol. The lowest BCUT2D eigenvalue weighted by atomic mass is 10.1. The molecule has 94 valence electrons. The lowest BCUT2D eigenvalue weighted by Gasteiger charge is -2.20. The third kappa shape index (κ3) is 2.50. The first-order valence-corrected chi connectivity index (χ1v) is 6.67. The van der Waals surface area contributed by atoms with Gasteiger partial charge in [-0.25, -0.2) is 0 Å². The number of Topliss-reactive ketones (excluding diaryl/α,β-unsaturated/α-hetero) is 1. The molecule has 2 atom stereocenters. The van der Waals surface area contributed by atoms with Crippen LogP contribution < -0.4 is 5.32 Å². The smallest absolute Gasteiger partial charge is 0.164 e. The van der Waals surface area contributed by atoms with Crippen LogP contribution in [-0.2, 0) is 4.74 Å². The molecule has 5 heteroatoms. The number of carbonyl (C=O) groups is 1. The Morgan fingerprint density at radius 1 is 1.53 bits per heavy atom. The number of ketones is 1. The van der Waals surface area contributed by atoms with Crippen LogP contribution in [0.1, 0.15) is 42.2 Å². The Hall–Kier alpha value is -0.940. The third-order valence-electron chi connectivity index (χ3n) is 3.29. The molecule has 1 aliphatic carbocycles. The summed E-state index contributed by atoms with van der Waals surface area (Å²) in [5.41, 5.74) is 1.55. The van der Waals surface area contributed by atoms with E-state index in [9.17, 15) is 4.79 Å². The summed E-state index contributed by atoms with van der Waals surface area (Å²) in [6.07, 6.45) is 3.59. The van der Waals surface area contributed by atoms with E-state index >= 15 is 0 Å². The summed E-state index contributed by atoms with van der Waals surface area (Å²) < 4.78 is 9.69. The van der Waals surface area contributed by atoms with Crippen molar-refractivity contribution in [2.45, 2.75) is 45.3 Å². The number of anilines is 1. The molecule has 4 nitrogen and oxygen atoms in total. The molecule has 0 aromatic carbocycles. The van der Waals surface area contributed by atoms with Gasteiger partial charge in [0.1, 0.15) is 5.00 Å². The average Bonchev–Trinajstić information content (AvgIpc) is 2.86. The topological polar surface area (TPSA) is 51.2 Å². The van der Waals surface area contributed by atoms with Crippen LogP contribution >= 0.6 is 11.5 Å². The zero-order valence-corrected chi connectivity index (χ0v) is 11.3. The van der Waals surface area contributed by atoms with Crippen molar-refractivity contribution in [2.24, 2.45) is 0 Å². The molecule has 1 heterocycles. The highest BCUT2D eigenvalue weighted by Gasteiger charge is 2.28. The summed E-state index contributed by atoms with van der Waals surface area (Å²) in [5, 5.41) is 4.32. The molecule has 2 rings (SSSR count). The number of carbonyl (C=O) groups excluding carboxylic acids is 1. The normalized spacial score (nSPS) is 23.9. The fraction of sp³-hybridized carbons (Fsp3) is 0.667. The monoisotopic (exact) mass is 254 g/mol. The molecule has 0 radical (unpaired) electrons. The van der Waals surface area contributed by atoms with Crippen molar-refractivity contribution in [3.05, 3.63) is 11.3 Å². The summed E-state index contributed by atoms with van der Waals surface area (Å²) in [6.45, 7) is 3.46. The lowest BCUT2D eigenvalue weighted by Crippen LogP contribution is -2.29. The minimum atomic E-state index is 0.0747. The van der Waals surface area contributed by atoms with Crippen LogP contribution in [0.2, 0.25) is 0 Å². The number of nitrogens with zero attached hydrogens (tertiary/aromatic N) is 1. The van der Waals surface area contributed by atoms with Gasteiger partial charge in [0.2, 0.25) is 0 Å². The summed E-state index contributed by atoms with van der Waals surface area (Å²) in [4.78, 5) is 11.6. The number of hydrogen-bond acceptors (Lipinski definition) is 5. The molecular formula is C12H18N2O2S. The second-order valence-electron chi connectivity index (χ2n) is 4.48. The van der Waals surface area contributed by atoms with E-state index in [2.05, 4.69) is 9.69 Å². The van der Waals surface area contributed by atoms with E-state index in [-0.39, 0.29) is 11.9 Å².